The average molecular weight is 400 g/mol. The average Bonchev–Trinajstić information content (AvgIpc) is 2.83. The van der Waals surface area contributed by atoms with Crippen molar-refractivity contribution in [2.75, 3.05) is 6.54 Å². The molecule has 0 spiro atoms. The van der Waals surface area contributed by atoms with Crippen LogP contribution in [0.3, 0.4) is 0 Å². The fourth-order valence-corrected chi connectivity index (χ4v) is 4.12. The molecule has 116 valence electrons. The van der Waals surface area contributed by atoms with Gasteiger partial charge in [-0.1, -0.05) is 57.2 Å². The van der Waals surface area contributed by atoms with Gasteiger partial charge in [0.1, 0.15) is 0 Å². The molecule has 1 saturated heterocycles. The molecular formula is C17H25IN2O. The summed E-state index contributed by atoms with van der Waals surface area (Å²) < 4.78 is 0.184. The lowest BCUT2D eigenvalue weighted by Gasteiger charge is -2.42. The van der Waals surface area contributed by atoms with Crippen molar-refractivity contribution in [3.63, 3.8) is 0 Å². The van der Waals surface area contributed by atoms with Crippen LogP contribution in [0, 0.1) is 11.3 Å². The third-order valence-corrected chi connectivity index (χ3v) is 5.16. The van der Waals surface area contributed by atoms with Gasteiger partial charge in [-0.05, 0) is 29.9 Å². The van der Waals surface area contributed by atoms with E-state index < -0.39 is 0 Å². The van der Waals surface area contributed by atoms with E-state index in [1.54, 1.807) is 12.4 Å². The van der Waals surface area contributed by atoms with E-state index in [1.165, 1.54) is 0 Å². The molecule has 0 bridgehead atoms. The van der Waals surface area contributed by atoms with Crippen molar-refractivity contribution in [1.29, 1.82) is 0 Å². The molecule has 2 heterocycles. The highest BCUT2D eigenvalue weighted by Gasteiger charge is 2.48. The summed E-state index contributed by atoms with van der Waals surface area (Å²) in [6.07, 6.45) is 4.46. The van der Waals surface area contributed by atoms with Crippen LogP contribution in [-0.4, -0.2) is 31.8 Å². The zero-order chi connectivity index (χ0) is 15.8. The van der Waals surface area contributed by atoms with Gasteiger partial charge in [-0.3, -0.25) is 9.78 Å². The first-order chi connectivity index (χ1) is 9.62. The third-order valence-electron chi connectivity index (χ3n) is 4.36. The molecule has 0 saturated carbocycles. The lowest BCUT2D eigenvalue weighted by Crippen LogP contribution is -2.49. The van der Waals surface area contributed by atoms with E-state index in [9.17, 15) is 4.79 Å². The summed E-state index contributed by atoms with van der Waals surface area (Å²) in [5.41, 5.74) is 0.818. The van der Waals surface area contributed by atoms with E-state index in [0.29, 0.717) is 5.92 Å². The number of hydrogen-bond donors (Lipinski definition) is 0. The Labute approximate surface area is 141 Å². The normalized spacial score (nSPS) is 23.4. The van der Waals surface area contributed by atoms with Crippen molar-refractivity contribution < 1.29 is 4.79 Å². The Balaban J connectivity index is 2.33. The topological polar surface area (TPSA) is 33.2 Å². The van der Waals surface area contributed by atoms with E-state index in [0.717, 1.165) is 18.5 Å². The van der Waals surface area contributed by atoms with Gasteiger partial charge in [-0.25, -0.2) is 0 Å². The van der Waals surface area contributed by atoms with E-state index in [1.807, 2.05) is 12.1 Å². The molecule has 0 aliphatic carbocycles. The van der Waals surface area contributed by atoms with Crippen LogP contribution in [0.25, 0.3) is 0 Å². The fraction of sp³-hybridized carbons (Fsp3) is 0.647. The van der Waals surface area contributed by atoms with Gasteiger partial charge in [0, 0.05) is 34.0 Å². The zero-order valence-electron chi connectivity index (χ0n) is 13.6. The van der Waals surface area contributed by atoms with E-state index in [-0.39, 0.29) is 20.8 Å². The van der Waals surface area contributed by atoms with Gasteiger partial charge in [0.25, 0.3) is 5.91 Å². The van der Waals surface area contributed by atoms with E-state index in [4.69, 9.17) is 0 Å². The van der Waals surface area contributed by atoms with Crippen LogP contribution in [0.15, 0.2) is 24.5 Å². The van der Waals surface area contributed by atoms with E-state index in [2.05, 4.69) is 67.1 Å². The minimum atomic E-state index is 0.0757. The van der Waals surface area contributed by atoms with Crippen LogP contribution < -0.4 is 0 Å². The molecule has 2 unspecified atom stereocenters. The SMILES string of the molecule is CC(C)(C)C1C(C(C)(C)I)CCN1C(=O)c1ccncc1. The number of alkyl halides is 1. The number of rotatable bonds is 2. The standard InChI is InChI=1S/C17H25IN2O/c1-16(2,3)14-13(17(4,5)18)8-11-20(14)15(21)12-6-9-19-10-7-12/h6-7,9-10,13-14H,8,11H2,1-5H3. The van der Waals surface area contributed by atoms with Crippen molar-refractivity contribution in [3.8, 4) is 0 Å². The maximum atomic E-state index is 12.9. The Hall–Kier alpha value is -0.650. The molecule has 1 aliphatic heterocycles. The molecule has 0 radical (unpaired) electrons. The second kappa shape index (κ2) is 5.86. The van der Waals surface area contributed by atoms with Crippen LogP contribution >= 0.6 is 22.6 Å². The number of likely N-dealkylation sites (tertiary alicyclic amines) is 1. The predicted molar refractivity (Wildman–Crippen MR) is 94.7 cm³/mol. The number of hydrogen-bond acceptors (Lipinski definition) is 2. The lowest BCUT2D eigenvalue weighted by atomic mass is 9.75. The van der Waals surface area contributed by atoms with Crippen molar-refractivity contribution in [2.24, 2.45) is 11.3 Å². The van der Waals surface area contributed by atoms with Gasteiger partial charge in [-0.2, -0.15) is 0 Å². The molecular weight excluding hydrogens is 375 g/mol. The van der Waals surface area contributed by atoms with Crippen molar-refractivity contribution in [3.05, 3.63) is 30.1 Å². The van der Waals surface area contributed by atoms with Gasteiger partial charge >= 0.3 is 0 Å². The second-order valence-corrected chi connectivity index (χ2v) is 10.3. The molecule has 4 heteroatoms. The number of aromatic nitrogens is 1. The van der Waals surface area contributed by atoms with Crippen molar-refractivity contribution >= 4 is 28.5 Å². The Morgan fingerprint density at radius 1 is 1.24 bits per heavy atom. The van der Waals surface area contributed by atoms with Crippen molar-refractivity contribution in [1.82, 2.24) is 9.88 Å². The third kappa shape index (κ3) is 3.58. The quantitative estimate of drug-likeness (QED) is 0.552. The maximum absolute atomic E-state index is 12.9. The molecule has 1 fully saturated rings. The summed E-state index contributed by atoms with van der Waals surface area (Å²) in [6, 6.07) is 3.89. The predicted octanol–water partition coefficient (Wildman–Crippen LogP) is 4.17. The van der Waals surface area contributed by atoms with Gasteiger partial charge in [0.15, 0.2) is 0 Å². The Kier molecular flexibility index (Phi) is 4.66. The second-order valence-electron chi connectivity index (χ2n) is 7.50. The largest absolute Gasteiger partial charge is 0.335 e. The molecule has 3 nitrogen and oxygen atoms in total. The number of halogens is 1. The van der Waals surface area contributed by atoms with Gasteiger partial charge in [0.2, 0.25) is 0 Å². The van der Waals surface area contributed by atoms with Gasteiger partial charge in [-0.15, -0.1) is 0 Å². The maximum Gasteiger partial charge on any atom is 0.254 e. The highest BCUT2D eigenvalue weighted by molar-refractivity contribution is 14.1. The first-order valence-electron chi connectivity index (χ1n) is 7.52. The molecule has 2 rings (SSSR count). The van der Waals surface area contributed by atoms with Crippen LogP contribution in [0.1, 0.15) is 51.4 Å². The lowest BCUT2D eigenvalue weighted by molar-refractivity contribution is 0.0552. The van der Waals surface area contributed by atoms with Gasteiger partial charge < -0.3 is 4.90 Å². The summed E-state index contributed by atoms with van der Waals surface area (Å²) in [5, 5.41) is 0. The summed E-state index contributed by atoms with van der Waals surface area (Å²) >= 11 is 2.53. The van der Waals surface area contributed by atoms with Crippen LogP contribution in [0.4, 0.5) is 0 Å². The first-order valence-corrected chi connectivity index (χ1v) is 8.60. The Morgan fingerprint density at radius 2 is 1.81 bits per heavy atom. The highest BCUT2D eigenvalue weighted by Crippen LogP contribution is 2.45. The smallest absolute Gasteiger partial charge is 0.254 e. The summed E-state index contributed by atoms with van der Waals surface area (Å²) in [5.74, 6) is 0.657. The summed E-state index contributed by atoms with van der Waals surface area (Å²) in [7, 11) is 0. The minimum Gasteiger partial charge on any atom is -0.335 e. The number of pyridine rings is 1. The Bertz CT molecular complexity index is 502. The molecule has 1 aromatic rings. The molecule has 0 aromatic carbocycles. The minimum absolute atomic E-state index is 0.0757. The number of carbonyl (C=O) groups excluding carboxylic acids is 1. The number of carbonyl (C=O) groups is 1. The van der Waals surface area contributed by atoms with E-state index >= 15 is 0 Å². The van der Waals surface area contributed by atoms with Gasteiger partial charge in [0.05, 0.1) is 0 Å². The summed E-state index contributed by atoms with van der Waals surface area (Å²) in [4.78, 5) is 19.0. The molecule has 1 aliphatic rings. The highest BCUT2D eigenvalue weighted by atomic mass is 127. The summed E-state index contributed by atoms with van der Waals surface area (Å²) in [6.45, 7) is 12.1. The van der Waals surface area contributed by atoms with Crippen molar-refractivity contribution in [2.45, 2.75) is 50.5 Å². The molecule has 21 heavy (non-hydrogen) atoms. The Morgan fingerprint density at radius 3 is 2.29 bits per heavy atom. The molecule has 1 aromatic heterocycles. The fourth-order valence-electron chi connectivity index (χ4n) is 3.47. The first kappa shape index (κ1) is 16.7. The number of amides is 1. The van der Waals surface area contributed by atoms with Crippen LogP contribution in [-0.2, 0) is 0 Å². The zero-order valence-corrected chi connectivity index (χ0v) is 15.7. The number of nitrogens with zero attached hydrogens (tertiary/aromatic N) is 2. The molecule has 2 atom stereocenters. The molecule has 0 N–H and O–H groups in total. The monoisotopic (exact) mass is 400 g/mol. The van der Waals surface area contributed by atoms with Crippen LogP contribution in [0.2, 0.25) is 0 Å². The van der Waals surface area contributed by atoms with Crippen LogP contribution in [0.5, 0.6) is 0 Å². The molecule has 1 amide bonds.